The number of nitro groups is 1. The number of hydrogen-bond acceptors (Lipinski definition) is 7. The summed E-state index contributed by atoms with van der Waals surface area (Å²) in [5, 5.41) is 10.7. The van der Waals surface area contributed by atoms with E-state index in [0.29, 0.717) is 16.9 Å². The molecule has 2 heterocycles. The van der Waals surface area contributed by atoms with Gasteiger partial charge in [0.15, 0.2) is 4.80 Å². The van der Waals surface area contributed by atoms with Crippen LogP contribution in [0, 0.1) is 10.1 Å². The number of rotatable bonds is 5. The van der Waals surface area contributed by atoms with E-state index in [0.717, 1.165) is 21.6 Å². The van der Waals surface area contributed by atoms with Crippen molar-refractivity contribution >= 4 is 49.8 Å². The number of ether oxygens (including phenoxy) is 1. The van der Waals surface area contributed by atoms with Gasteiger partial charge in [0.05, 0.1) is 27.3 Å². The standard InChI is InChI=1S/C17H15N3O5S2/c1-3-19-11-6-5-10(16(22)25-4-2)9-13(11)27-17(19)18-15(21)12-7-8-14(26-12)20(23)24/h5-9H,3-4H2,1-2H3. The molecule has 0 aliphatic rings. The molecule has 27 heavy (non-hydrogen) atoms. The molecule has 0 aliphatic heterocycles. The number of aromatic nitrogens is 1. The molecule has 0 saturated heterocycles. The van der Waals surface area contributed by atoms with Gasteiger partial charge in [-0.15, -0.1) is 0 Å². The van der Waals surface area contributed by atoms with Crippen molar-refractivity contribution in [3.63, 3.8) is 0 Å². The largest absolute Gasteiger partial charge is 0.462 e. The number of hydrogen-bond donors (Lipinski definition) is 0. The SMILES string of the molecule is CCOC(=O)c1ccc2c(c1)sc(=NC(=O)c1ccc([N+](=O)[O-])s1)n2CC. The zero-order valence-corrected chi connectivity index (χ0v) is 16.1. The Labute approximate surface area is 161 Å². The summed E-state index contributed by atoms with van der Waals surface area (Å²) in [6, 6.07) is 7.87. The van der Waals surface area contributed by atoms with Gasteiger partial charge in [0.25, 0.3) is 5.91 Å². The second kappa shape index (κ2) is 7.80. The van der Waals surface area contributed by atoms with Crippen LogP contribution in [-0.4, -0.2) is 28.0 Å². The number of esters is 1. The van der Waals surface area contributed by atoms with Crippen molar-refractivity contribution in [2.24, 2.45) is 4.99 Å². The summed E-state index contributed by atoms with van der Waals surface area (Å²) in [6.07, 6.45) is 0. The van der Waals surface area contributed by atoms with Gasteiger partial charge in [0, 0.05) is 12.6 Å². The third-order valence-corrected chi connectivity index (χ3v) is 5.76. The maximum absolute atomic E-state index is 12.4. The molecule has 1 amide bonds. The molecular formula is C17H15N3O5S2. The highest BCUT2D eigenvalue weighted by Gasteiger charge is 2.16. The summed E-state index contributed by atoms with van der Waals surface area (Å²) in [7, 11) is 0. The van der Waals surface area contributed by atoms with Crippen LogP contribution in [0.3, 0.4) is 0 Å². The number of thiazole rings is 1. The van der Waals surface area contributed by atoms with E-state index in [1.165, 1.54) is 23.5 Å². The van der Waals surface area contributed by atoms with Crippen LogP contribution in [0.25, 0.3) is 10.2 Å². The number of thiophene rings is 1. The van der Waals surface area contributed by atoms with Gasteiger partial charge in [-0.1, -0.05) is 22.7 Å². The molecule has 2 aromatic heterocycles. The molecule has 0 fully saturated rings. The van der Waals surface area contributed by atoms with Crippen molar-refractivity contribution in [1.29, 1.82) is 0 Å². The highest BCUT2D eigenvalue weighted by Crippen LogP contribution is 2.25. The molecular weight excluding hydrogens is 390 g/mol. The average molecular weight is 405 g/mol. The van der Waals surface area contributed by atoms with Gasteiger partial charge in [-0.3, -0.25) is 14.9 Å². The Bertz CT molecular complexity index is 1110. The minimum Gasteiger partial charge on any atom is -0.462 e. The normalized spacial score (nSPS) is 11.7. The third-order valence-electron chi connectivity index (χ3n) is 3.69. The van der Waals surface area contributed by atoms with Gasteiger partial charge in [-0.25, -0.2) is 4.79 Å². The van der Waals surface area contributed by atoms with Gasteiger partial charge in [-0.2, -0.15) is 4.99 Å². The van der Waals surface area contributed by atoms with Crippen LogP contribution in [0.1, 0.15) is 33.9 Å². The van der Waals surface area contributed by atoms with Gasteiger partial charge in [0.1, 0.15) is 4.88 Å². The average Bonchev–Trinajstić information content (AvgIpc) is 3.26. The molecule has 3 aromatic rings. The maximum atomic E-state index is 12.4. The van der Waals surface area contributed by atoms with Gasteiger partial charge in [-0.05, 0) is 38.1 Å². The Morgan fingerprint density at radius 3 is 2.63 bits per heavy atom. The molecule has 10 heteroatoms. The van der Waals surface area contributed by atoms with Crippen molar-refractivity contribution in [1.82, 2.24) is 4.57 Å². The lowest BCUT2D eigenvalue weighted by atomic mass is 10.2. The number of aryl methyl sites for hydroxylation is 1. The Hall–Kier alpha value is -2.85. The predicted molar refractivity (Wildman–Crippen MR) is 102 cm³/mol. The molecule has 0 aliphatic carbocycles. The fourth-order valence-corrected chi connectivity index (χ4v) is 4.32. The fraction of sp³-hybridized carbons (Fsp3) is 0.235. The Morgan fingerprint density at radius 1 is 1.22 bits per heavy atom. The summed E-state index contributed by atoms with van der Waals surface area (Å²) in [4.78, 5) is 39.4. The Morgan fingerprint density at radius 2 is 2.00 bits per heavy atom. The lowest BCUT2D eigenvalue weighted by Crippen LogP contribution is -2.15. The van der Waals surface area contributed by atoms with E-state index in [-0.39, 0.29) is 16.5 Å². The first-order valence-electron chi connectivity index (χ1n) is 8.08. The van der Waals surface area contributed by atoms with Crippen molar-refractivity contribution < 1.29 is 19.2 Å². The second-order valence-corrected chi connectivity index (χ2v) is 7.42. The highest BCUT2D eigenvalue weighted by molar-refractivity contribution is 7.17. The first kappa shape index (κ1) is 18.9. The van der Waals surface area contributed by atoms with Crippen LogP contribution in [-0.2, 0) is 11.3 Å². The molecule has 0 unspecified atom stereocenters. The maximum Gasteiger partial charge on any atom is 0.338 e. The lowest BCUT2D eigenvalue weighted by Gasteiger charge is -2.03. The van der Waals surface area contributed by atoms with Crippen molar-refractivity contribution in [3.8, 4) is 0 Å². The van der Waals surface area contributed by atoms with E-state index < -0.39 is 16.8 Å². The first-order chi connectivity index (χ1) is 12.9. The molecule has 3 rings (SSSR count). The summed E-state index contributed by atoms with van der Waals surface area (Å²) in [5.74, 6) is -0.941. The van der Waals surface area contributed by atoms with E-state index in [4.69, 9.17) is 4.74 Å². The monoisotopic (exact) mass is 405 g/mol. The number of fused-ring (bicyclic) bond motifs is 1. The minimum absolute atomic E-state index is 0.104. The van der Waals surface area contributed by atoms with E-state index in [9.17, 15) is 19.7 Å². The Kier molecular flexibility index (Phi) is 5.47. The lowest BCUT2D eigenvalue weighted by molar-refractivity contribution is -0.380. The number of carbonyl (C=O) groups is 2. The minimum atomic E-state index is -0.538. The van der Waals surface area contributed by atoms with E-state index in [1.54, 1.807) is 25.1 Å². The highest BCUT2D eigenvalue weighted by atomic mass is 32.1. The number of benzene rings is 1. The number of carbonyl (C=O) groups excluding carboxylic acids is 2. The molecule has 140 valence electrons. The van der Waals surface area contributed by atoms with Crippen LogP contribution in [0.4, 0.5) is 5.00 Å². The van der Waals surface area contributed by atoms with E-state index in [1.807, 2.05) is 11.5 Å². The quantitative estimate of drug-likeness (QED) is 0.366. The summed E-state index contributed by atoms with van der Waals surface area (Å²) >= 11 is 2.06. The summed E-state index contributed by atoms with van der Waals surface area (Å²) in [6.45, 7) is 4.53. The van der Waals surface area contributed by atoms with Crippen molar-refractivity contribution in [2.45, 2.75) is 20.4 Å². The van der Waals surface area contributed by atoms with Crippen LogP contribution in [0.2, 0.25) is 0 Å². The molecule has 0 spiro atoms. The van der Waals surface area contributed by atoms with Gasteiger partial charge in [0.2, 0.25) is 0 Å². The van der Waals surface area contributed by atoms with E-state index >= 15 is 0 Å². The zero-order valence-electron chi connectivity index (χ0n) is 14.5. The van der Waals surface area contributed by atoms with Gasteiger partial charge < -0.3 is 9.30 Å². The van der Waals surface area contributed by atoms with Crippen molar-refractivity contribution in [3.05, 3.63) is 55.7 Å². The summed E-state index contributed by atoms with van der Waals surface area (Å²) in [5.41, 5.74) is 1.28. The summed E-state index contributed by atoms with van der Waals surface area (Å²) < 4.78 is 7.67. The second-order valence-electron chi connectivity index (χ2n) is 5.34. The molecule has 0 N–H and O–H groups in total. The topological polar surface area (TPSA) is 104 Å². The molecule has 0 atom stereocenters. The molecule has 1 aromatic carbocycles. The molecule has 8 nitrogen and oxygen atoms in total. The number of amides is 1. The predicted octanol–water partition coefficient (Wildman–Crippen LogP) is 3.61. The molecule has 0 radical (unpaired) electrons. The van der Waals surface area contributed by atoms with Crippen molar-refractivity contribution in [2.75, 3.05) is 6.61 Å². The van der Waals surface area contributed by atoms with Crippen LogP contribution >= 0.6 is 22.7 Å². The zero-order chi connectivity index (χ0) is 19.6. The van der Waals surface area contributed by atoms with E-state index in [2.05, 4.69) is 4.99 Å². The van der Waals surface area contributed by atoms with Crippen LogP contribution in [0.5, 0.6) is 0 Å². The van der Waals surface area contributed by atoms with Gasteiger partial charge >= 0.3 is 11.0 Å². The first-order valence-corrected chi connectivity index (χ1v) is 9.71. The van der Waals surface area contributed by atoms with Crippen LogP contribution in [0.15, 0.2) is 35.3 Å². The molecule has 0 saturated carbocycles. The Balaban J connectivity index is 2.04. The van der Waals surface area contributed by atoms with Crippen LogP contribution < -0.4 is 4.80 Å². The number of nitrogens with zero attached hydrogens (tertiary/aromatic N) is 3. The molecule has 0 bridgehead atoms. The third kappa shape index (κ3) is 3.81. The fourth-order valence-electron chi connectivity index (χ4n) is 2.49. The smallest absolute Gasteiger partial charge is 0.338 e.